The second-order valence-electron chi connectivity index (χ2n) is 6.64. The van der Waals surface area contributed by atoms with E-state index < -0.39 is 40.6 Å². The molecule has 9 heteroatoms. The number of aliphatic hydroxyl groups excluding tert-OH is 2. The molecule has 9 nitrogen and oxygen atoms in total. The average Bonchev–Trinajstić information content (AvgIpc) is 2.61. The van der Waals surface area contributed by atoms with Crippen LogP contribution in [0.3, 0.4) is 0 Å². The molecule has 0 amide bonds. The molecule has 0 heterocycles. The van der Waals surface area contributed by atoms with Gasteiger partial charge in [-0.1, -0.05) is 44.8 Å². The summed E-state index contributed by atoms with van der Waals surface area (Å²) in [6.45, 7) is 1.87. The Balaban J connectivity index is 4.53. The van der Waals surface area contributed by atoms with Crippen molar-refractivity contribution in [2.45, 2.75) is 95.4 Å². The highest BCUT2D eigenvalue weighted by molar-refractivity contribution is 5.50. The first kappa shape index (κ1) is 25.1. The Bertz CT molecular complexity index is 471. The minimum atomic E-state index is -1.51. The van der Waals surface area contributed by atoms with Gasteiger partial charge >= 0.3 is 0 Å². The predicted molar refractivity (Wildman–Crippen MR) is 100 cm³/mol. The van der Waals surface area contributed by atoms with E-state index in [0.29, 0.717) is 19.3 Å². The zero-order chi connectivity index (χ0) is 20.7. The zero-order valence-corrected chi connectivity index (χ0v) is 15.9. The summed E-state index contributed by atoms with van der Waals surface area (Å²) >= 11 is 0. The number of nitrogens with zero attached hydrogens (tertiary/aromatic N) is 2. The minimum Gasteiger partial charge on any atom is -0.386 e. The van der Waals surface area contributed by atoms with Crippen molar-refractivity contribution in [3.05, 3.63) is 32.4 Å². The fraction of sp³-hybridized carbons (Fsp3) is 0.833. The molecular weight excluding hydrogens is 356 g/mol. The van der Waals surface area contributed by atoms with Gasteiger partial charge in [0, 0.05) is 22.7 Å². The highest BCUT2D eigenvalue weighted by Crippen LogP contribution is 2.18. The minimum absolute atomic E-state index is 0.0131. The van der Waals surface area contributed by atoms with Gasteiger partial charge in [0.05, 0.1) is 6.42 Å². The van der Waals surface area contributed by atoms with Crippen molar-refractivity contribution in [3.63, 3.8) is 0 Å². The number of unbranched alkanes of at least 4 members (excludes halogenated alkanes) is 5. The molecule has 4 atom stereocenters. The number of rotatable bonds is 17. The average molecular weight is 387 g/mol. The Morgan fingerprint density at radius 2 is 1.52 bits per heavy atom. The van der Waals surface area contributed by atoms with Gasteiger partial charge in [-0.3, -0.25) is 25.0 Å². The summed E-state index contributed by atoms with van der Waals surface area (Å²) in [7, 11) is 0. The molecule has 0 saturated heterocycles. The fourth-order valence-electron chi connectivity index (χ4n) is 2.85. The lowest BCUT2D eigenvalue weighted by Crippen LogP contribution is -2.42. The van der Waals surface area contributed by atoms with Gasteiger partial charge in [0.2, 0.25) is 12.1 Å². The molecule has 0 spiro atoms. The molecule has 155 valence electrons. The maximum Gasteiger partial charge on any atom is 0.242 e. The van der Waals surface area contributed by atoms with Gasteiger partial charge in [0.25, 0.3) is 0 Å². The monoisotopic (exact) mass is 387 g/mol. The predicted octanol–water partition coefficient (Wildman–Crippen LogP) is 2.59. The summed E-state index contributed by atoms with van der Waals surface area (Å²) < 4.78 is 0. The first-order chi connectivity index (χ1) is 12.8. The second-order valence-corrected chi connectivity index (χ2v) is 6.64. The standard InChI is InChI=1S/C18H31N2O7/c1-2-3-8-11-15(19(24)25)18(23)14-16(20(26)27)17(22)12-9-6-4-5-7-10-13-21/h3,8,15-18,22-23H,2,4-7,9-12,14H2,1H3/b8-3-. The largest absolute Gasteiger partial charge is 0.386 e. The smallest absolute Gasteiger partial charge is 0.242 e. The van der Waals surface area contributed by atoms with Crippen LogP contribution in [0.2, 0.25) is 0 Å². The maximum absolute atomic E-state index is 11.3. The van der Waals surface area contributed by atoms with Crippen molar-refractivity contribution in [2.24, 2.45) is 0 Å². The molecule has 2 N–H and O–H groups in total. The van der Waals surface area contributed by atoms with Crippen molar-refractivity contribution < 1.29 is 24.9 Å². The molecule has 0 aliphatic heterocycles. The summed E-state index contributed by atoms with van der Waals surface area (Å²) in [5.74, 6) is 0. The van der Waals surface area contributed by atoms with E-state index in [1.54, 1.807) is 12.2 Å². The topological polar surface area (TPSA) is 144 Å². The molecular formula is C18H31N2O7. The van der Waals surface area contributed by atoms with Crippen LogP contribution in [0.1, 0.15) is 71.1 Å². The molecule has 0 rings (SSSR count). The van der Waals surface area contributed by atoms with Gasteiger partial charge in [0.1, 0.15) is 12.2 Å². The molecule has 0 saturated carbocycles. The van der Waals surface area contributed by atoms with Crippen LogP contribution in [-0.2, 0) is 4.79 Å². The third-order valence-corrected chi connectivity index (χ3v) is 4.47. The van der Waals surface area contributed by atoms with Crippen LogP contribution in [-0.4, -0.2) is 50.6 Å². The van der Waals surface area contributed by atoms with Gasteiger partial charge in [0.15, 0.2) is 6.29 Å². The Morgan fingerprint density at radius 1 is 0.926 bits per heavy atom. The normalized spacial score (nSPS) is 16.0. The molecule has 0 bridgehead atoms. The molecule has 1 radical (unpaired) electrons. The van der Waals surface area contributed by atoms with E-state index in [0.717, 1.165) is 25.7 Å². The van der Waals surface area contributed by atoms with Crippen LogP contribution in [0, 0.1) is 20.2 Å². The van der Waals surface area contributed by atoms with E-state index in [2.05, 4.69) is 0 Å². The SMILES string of the molecule is CC/C=C\CC(C(O)CC(C(O)CCCCCCC[C]=O)[N+](=O)[O-])[N+](=O)[O-]. The number of hydrogen-bond acceptors (Lipinski definition) is 7. The highest BCUT2D eigenvalue weighted by atomic mass is 16.6. The molecule has 4 unspecified atom stereocenters. The summed E-state index contributed by atoms with van der Waals surface area (Å²) in [6.07, 6.45) is 6.97. The third-order valence-electron chi connectivity index (χ3n) is 4.47. The Labute approximate surface area is 159 Å². The molecule has 0 aromatic heterocycles. The number of aliphatic hydroxyl groups is 2. The highest BCUT2D eigenvalue weighted by Gasteiger charge is 2.38. The first-order valence-corrected chi connectivity index (χ1v) is 9.48. The summed E-state index contributed by atoms with van der Waals surface area (Å²) in [5.41, 5.74) is 0. The lowest BCUT2D eigenvalue weighted by atomic mass is 9.95. The Hall–Kier alpha value is -1.87. The molecule has 0 aromatic rings. The van der Waals surface area contributed by atoms with E-state index in [1.165, 1.54) is 0 Å². The Kier molecular flexibility index (Phi) is 14.2. The van der Waals surface area contributed by atoms with Crippen LogP contribution >= 0.6 is 0 Å². The van der Waals surface area contributed by atoms with E-state index in [-0.39, 0.29) is 12.8 Å². The fourth-order valence-corrected chi connectivity index (χ4v) is 2.85. The first-order valence-electron chi connectivity index (χ1n) is 9.48. The molecule has 0 aliphatic rings. The van der Waals surface area contributed by atoms with Crippen LogP contribution < -0.4 is 0 Å². The summed E-state index contributed by atoms with van der Waals surface area (Å²) in [4.78, 5) is 31.2. The lowest BCUT2D eigenvalue weighted by Gasteiger charge is -2.20. The number of nitro groups is 2. The third kappa shape index (κ3) is 11.4. The van der Waals surface area contributed by atoms with Crippen LogP contribution in [0.4, 0.5) is 0 Å². The maximum atomic E-state index is 11.3. The quantitative estimate of drug-likeness (QED) is 0.169. The molecule has 27 heavy (non-hydrogen) atoms. The van der Waals surface area contributed by atoms with E-state index in [1.807, 2.05) is 13.2 Å². The van der Waals surface area contributed by atoms with Gasteiger partial charge < -0.3 is 10.2 Å². The number of allylic oxidation sites excluding steroid dienone is 1. The van der Waals surface area contributed by atoms with Crippen molar-refractivity contribution in [3.8, 4) is 0 Å². The van der Waals surface area contributed by atoms with Gasteiger partial charge in [-0.2, -0.15) is 0 Å². The van der Waals surface area contributed by atoms with E-state index in [9.17, 15) is 35.2 Å². The number of hydrogen-bond donors (Lipinski definition) is 2. The summed E-state index contributed by atoms with van der Waals surface area (Å²) in [6, 6.07) is -2.78. The molecule has 0 aromatic carbocycles. The molecule has 0 aliphatic carbocycles. The van der Waals surface area contributed by atoms with E-state index >= 15 is 0 Å². The summed E-state index contributed by atoms with van der Waals surface area (Å²) in [5, 5.41) is 42.6. The number of carbonyl (C=O) groups excluding carboxylic acids is 1. The van der Waals surface area contributed by atoms with Crippen LogP contribution in [0.15, 0.2) is 12.2 Å². The van der Waals surface area contributed by atoms with E-state index in [4.69, 9.17) is 0 Å². The van der Waals surface area contributed by atoms with Gasteiger partial charge in [-0.15, -0.1) is 0 Å². The van der Waals surface area contributed by atoms with Crippen molar-refractivity contribution in [2.75, 3.05) is 0 Å². The van der Waals surface area contributed by atoms with Crippen LogP contribution in [0.25, 0.3) is 0 Å². The second kappa shape index (κ2) is 15.2. The van der Waals surface area contributed by atoms with Crippen molar-refractivity contribution in [1.82, 2.24) is 0 Å². The van der Waals surface area contributed by atoms with Crippen LogP contribution in [0.5, 0.6) is 0 Å². The Morgan fingerprint density at radius 3 is 2.07 bits per heavy atom. The van der Waals surface area contributed by atoms with Gasteiger partial charge in [-0.05, 0) is 19.3 Å². The van der Waals surface area contributed by atoms with Crippen molar-refractivity contribution >= 4 is 6.29 Å². The lowest BCUT2D eigenvalue weighted by molar-refractivity contribution is -0.553. The molecule has 0 fully saturated rings. The van der Waals surface area contributed by atoms with Gasteiger partial charge in [-0.25, -0.2) is 0 Å². The zero-order valence-electron chi connectivity index (χ0n) is 15.9. The van der Waals surface area contributed by atoms with Crippen molar-refractivity contribution in [1.29, 1.82) is 0 Å².